The third kappa shape index (κ3) is 18.8. The minimum absolute atomic E-state index is 0.114. The van der Waals surface area contributed by atoms with Gasteiger partial charge < -0.3 is 20.4 Å². The molecule has 0 aliphatic rings. The van der Waals surface area contributed by atoms with Crippen LogP contribution in [0.25, 0.3) is 0 Å². The summed E-state index contributed by atoms with van der Waals surface area (Å²) in [4.78, 5) is 0. The lowest BCUT2D eigenvalue weighted by atomic mass is 9.83. The van der Waals surface area contributed by atoms with Crippen LogP contribution in [0.4, 0.5) is 0 Å². The summed E-state index contributed by atoms with van der Waals surface area (Å²) in [7, 11) is 0. The highest BCUT2D eigenvalue weighted by Gasteiger charge is 2.38. The molecule has 0 saturated heterocycles. The molecule has 4 nitrogen and oxygen atoms in total. The first-order chi connectivity index (χ1) is 18.1. The number of unbranched alkanes of at least 4 members (excludes halogenated alkanes) is 22. The normalized spacial score (nSPS) is 13.0. The molecule has 0 aromatic heterocycles. The largest absolute Gasteiger partial charge is 0.511 e. The van der Waals surface area contributed by atoms with Crippen molar-refractivity contribution in [3.05, 3.63) is 23.7 Å². The summed E-state index contributed by atoms with van der Waals surface area (Å²) in [5.74, 6) is -0.227. The Labute approximate surface area is 230 Å². The minimum Gasteiger partial charge on any atom is -0.511 e. The summed E-state index contributed by atoms with van der Waals surface area (Å²) in [6.07, 6.45) is 32.7. The van der Waals surface area contributed by atoms with Gasteiger partial charge in [-0.2, -0.15) is 0 Å². The highest BCUT2D eigenvalue weighted by atomic mass is 16.3. The maximum atomic E-state index is 10.6. The Hall–Kier alpha value is -1.00. The quantitative estimate of drug-likeness (QED) is 0.0606. The van der Waals surface area contributed by atoms with Crippen molar-refractivity contribution < 1.29 is 20.4 Å². The molecule has 0 unspecified atom stereocenters. The Morgan fingerprint density at radius 1 is 0.432 bits per heavy atom. The van der Waals surface area contributed by atoms with Crippen LogP contribution in [-0.4, -0.2) is 33.6 Å². The van der Waals surface area contributed by atoms with Gasteiger partial charge in [-0.3, -0.25) is 0 Å². The number of aliphatic hydroxyl groups is 4. The second-order valence-electron chi connectivity index (χ2n) is 11.2. The maximum absolute atomic E-state index is 10.6. The Balaban J connectivity index is 4.11. The fourth-order valence-corrected chi connectivity index (χ4v) is 4.99. The van der Waals surface area contributed by atoms with Crippen LogP contribution >= 0.6 is 0 Å². The summed E-state index contributed by atoms with van der Waals surface area (Å²) in [5.41, 5.74) is -1.48. The molecule has 0 aromatic carbocycles. The molecular weight excluding hydrogens is 460 g/mol. The molecule has 37 heavy (non-hydrogen) atoms. The highest BCUT2D eigenvalue weighted by Crippen LogP contribution is 2.33. The van der Waals surface area contributed by atoms with Crippen LogP contribution in [0.1, 0.15) is 168 Å². The van der Waals surface area contributed by atoms with E-state index in [1.807, 2.05) is 0 Å². The van der Waals surface area contributed by atoms with E-state index in [2.05, 4.69) is 13.8 Å². The summed E-state index contributed by atoms with van der Waals surface area (Å²) >= 11 is 0. The van der Waals surface area contributed by atoms with Crippen LogP contribution in [0.3, 0.4) is 0 Å². The van der Waals surface area contributed by atoms with Gasteiger partial charge in [0.25, 0.3) is 0 Å². The van der Waals surface area contributed by atoms with Gasteiger partial charge in [-0.05, 0) is 37.8 Å². The topological polar surface area (TPSA) is 80.9 Å². The fraction of sp³-hybridized carbons (Fsp3) is 0.879. The standard InChI is InChI=1S/C33H64O4/c1-3-5-7-9-11-13-15-17-19-21-23-25-27-31(36)33(29-34,30-35)32(37)28-26-24-22-20-18-16-14-12-10-8-6-4-2/h27-28,34-37H,3-26,29-30H2,1-2H3. The summed E-state index contributed by atoms with van der Waals surface area (Å²) in [6.45, 7) is 3.49. The van der Waals surface area contributed by atoms with Crippen molar-refractivity contribution in [1.29, 1.82) is 0 Å². The van der Waals surface area contributed by atoms with Crippen molar-refractivity contribution >= 4 is 0 Å². The fourth-order valence-electron chi connectivity index (χ4n) is 4.99. The van der Waals surface area contributed by atoms with Gasteiger partial charge in [0.1, 0.15) is 16.9 Å². The van der Waals surface area contributed by atoms with E-state index in [9.17, 15) is 20.4 Å². The second kappa shape index (κ2) is 26.6. The number of allylic oxidation sites excluding steroid dienone is 2. The molecule has 0 radical (unpaired) electrons. The first-order valence-electron chi connectivity index (χ1n) is 16.1. The molecule has 0 aliphatic carbocycles. The van der Waals surface area contributed by atoms with Crippen LogP contribution in [0.5, 0.6) is 0 Å². The Bertz CT molecular complexity index is 492. The predicted molar refractivity (Wildman–Crippen MR) is 160 cm³/mol. The molecule has 4 N–H and O–H groups in total. The lowest BCUT2D eigenvalue weighted by molar-refractivity contribution is 0.0446. The van der Waals surface area contributed by atoms with Crippen molar-refractivity contribution in [2.75, 3.05) is 13.2 Å². The van der Waals surface area contributed by atoms with Gasteiger partial charge in [0.15, 0.2) is 0 Å². The maximum Gasteiger partial charge on any atom is 0.129 e. The van der Waals surface area contributed by atoms with Gasteiger partial charge in [0.05, 0.1) is 13.2 Å². The zero-order valence-electron chi connectivity index (χ0n) is 24.8. The Morgan fingerprint density at radius 3 is 0.919 bits per heavy atom. The smallest absolute Gasteiger partial charge is 0.129 e. The van der Waals surface area contributed by atoms with Gasteiger partial charge in [-0.15, -0.1) is 0 Å². The van der Waals surface area contributed by atoms with E-state index in [-0.39, 0.29) is 11.5 Å². The van der Waals surface area contributed by atoms with Gasteiger partial charge in [0, 0.05) is 0 Å². The molecular formula is C33H64O4. The summed E-state index contributed by atoms with van der Waals surface area (Å²) < 4.78 is 0. The van der Waals surface area contributed by atoms with Crippen molar-refractivity contribution in [3.8, 4) is 0 Å². The minimum atomic E-state index is -1.48. The van der Waals surface area contributed by atoms with E-state index in [0.717, 1.165) is 25.7 Å². The van der Waals surface area contributed by atoms with Gasteiger partial charge in [-0.25, -0.2) is 0 Å². The van der Waals surface area contributed by atoms with Crippen molar-refractivity contribution in [2.24, 2.45) is 5.41 Å². The SMILES string of the molecule is CCCCCCCCCCCCCC=C(O)C(CO)(CO)C(O)=CCCCCCCCCCCCCC. The number of rotatable bonds is 28. The average Bonchev–Trinajstić information content (AvgIpc) is 2.91. The van der Waals surface area contributed by atoms with E-state index in [4.69, 9.17) is 0 Å². The molecule has 4 heteroatoms. The third-order valence-electron chi connectivity index (χ3n) is 7.81. The van der Waals surface area contributed by atoms with Crippen LogP contribution in [0, 0.1) is 5.41 Å². The predicted octanol–water partition coefficient (Wildman–Crippen LogP) is 10.2. The number of hydrogen-bond donors (Lipinski definition) is 4. The van der Waals surface area contributed by atoms with E-state index >= 15 is 0 Å². The second-order valence-corrected chi connectivity index (χ2v) is 11.2. The molecule has 220 valence electrons. The van der Waals surface area contributed by atoms with Crippen molar-refractivity contribution in [2.45, 2.75) is 168 Å². The molecule has 0 heterocycles. The molecule has 0 aromatic rings. The molecule has 0 amide bonds. The highest BCUT2D eigenvalue weighted by molar-refractivity contribution is 5.21. The average molecular weight is 525 g/mol. The van der Waals surface area contributed by atoms with Crippen molar-refractivity contribution in [3.63, 3.8) is 0 Å². The van der Waals surface area contributed by atoms with Crippen molar-refractivity contribution in [1.82, 2.24) is 0 Å². The zero-order chi connectivity index (χ0) is 27.5. The molecule has 0 aliphatic heterocycles. The van der Waals surface area contributed by atoms with Gasteiger partial charge in [0.2, 0.25) is 0 Å². The van der Waals surface area contributed by atoms with E-state index in [1.54, 1.807) is 12.2 Å². The third-order valence-corrected chi connectivity index (χ3v) is 7.81. The molecule has 0 atom stereocenters. The Morgan fingerprint density at radius 2 is 0.676 bits per heavy atom. The van der Waals surface area contributed by atoms with E-state index < -0.39 is 18.6 Å². The Kier molecular flexibility index (Phi) is 25.9. The number of hydrogen-bond acceptors (Lipinski definition) is 4. The summed E-state index contributed by atoms with van der Waals surface area (Å²) in [5, 5.41) is 41.1. The molecule has 0 rings (SSSR count). The monoisotopic (exact) mass is 524 g/mol. The lowest BCUT2D eigenvalue weighted by Crippen LogP contribution is -2.34. The van der Waals surface area contributed by atoms with Gasteiger partial charge in [-0.1, -0.05) is 142 Å². The molecule has 0 fully saturated rings. The van der Waals surface area contributed by atoms with E-state index in [1.165, 1.54) is 116 Å². The molecule has 0 saturated carbocycles. The van der Waals surface area contributed by atoms with Crippen LogP contribution in [0.2, 0.25) is 0 Å². The zero-order valence-corrected chi connectivity index (χ0v) is 24.8. The first-order valence-corrected chi connectivity index (χ1v) is 16.1. The number of aliphatic hydroxyl groups excluding tert-OH is 4. The lowest BCUT2D eigenvalue weighted by Gasteiger charge is -2.28. The van der Waals surface area contributed by atoms with E-state index in [0.29, 0.717) is 12.8 Å². The van der Waals surface area contributed by atoms with Crippen LogP contribution in [0.15, 0.2) is 23.7 Å². The first kappa shape index (κ1) is 36.0. The van der Waals surface area contributed by atoms with Gasteiger partial charge >= 0.3 is 0 Å². The van der Waals surface area contributed by atoms with Crippen LogP contribution < -0.4 is 0 Å². The van der Waals surface area contributed by atoms with Crippen LogP contribution in [-0.2, 0) is 0 Å². The molecule has 0 spiro atoms. The summed E-state index contributed by atoms with van der Waals surface area (Å²) in [6, 6.07) is 0. The molecule has 0 bridgehead atoms.